The average molecular weight is 230 g/mol. The van der Waals surface area contributed by atoms with Gasteiger partial charge < -0.3 is 14.2 Å². The van der Waals surface area contributed by atoms with E-state index in [0.717, 1.165) is 0 Å². The second-order valence-electron chi connectivity index (χ2n) is 3.18. The van der Waals surface area contributed by atoms with Crippen LogP contribution in [0, 0.1) is 0 Å². The molecule has 16 heavy (non-hydrogen) atoms. The molecule has 0 aromatic heterocycles. The van der Waals surface area contributed by atoms with Crippen LogP contribution in [0.4, 0.5) is 0 Å². The summed E-state index contributed by atoms with van der Waals surface area (Å²) in [6.07, 6.45) is 0.104. The van der Waals surface area contributed by atoms with Gasteiger partial charge in [0.2, 0.25) is 6.29 Å². The molecule has 0 heterocycles. The van der Waals surface area contributed by atoms with Crippen LogP contribution in [0.1, 0.15) is 33.6 Å². The first-order chi connectivity index (χ1) is 7.51. The minimum atomic E-state index is -0.676. The lowest BCUT2D eigenvalue weighted by atomic mass is 10.4. The van der Waals surface area contributed by atoms with Gasteiger partial charge in [0.25, 0.3) is 0 Å². The van der Waals surface area contributed by atoms with Crippen molar-refractivity contribution in [2.75, 3.05) is 6.79 Å². The molecule has 0 fully saturated rings. The molecule has 0 aromatic rings. The molecular weight excluding hydrogens is 212 g/mol. The number of carbonyl (C=O) groups excluding carboxylic acids is 2. The van der Waals surface area contributed by atoms with Crippen LogP contribution in [0.15, 0.2) is 12.2 Å². The molecule has 0 amide bonds. The molecule has 5 nitrogen and oxygen atoms in total. The van der Waals surface area contributed by atoms with Crippen molar-refractivity contribution in [3.8, 4) is 0 Å². The second kappa shape index (κ2) is 7.87. The van der Waals surface area contributed by atoms with Crippen LogP contribution in [0.3, 0.4) is 0 Å². The molecule has 0 aliphatic rings. The van der Waals surface area contributed by atoms with E-state index in [1.165, 1.54) is 6.92 Å². The number of hydrogen-bond donors (Lipinski definition) is 0. The Balaban J connectivity index is 3.83. The van der Waals surface area contributed by atoms with Crippen molar-refractivity contribution >= 4 is 11.9 Å². The lowest BCUT2D eigenvalue weighted by molar-refractivity contribution is -0.203. The molecule has 92 valence electrons. The van der Waals surface area contributed by atoms with Crippen molar-refractivity contribution in [3.63, 3.8) is 0 Å². The predicted molar refractivity (Wildman–Crippen MR) is 57.3 cm³/mol. The van der Waals surface area contributed by atoms with Gasteiger partial charge in [-0.3, -0.25) is 4.79 Å². The zero-order valence-electron chi connectivity index (χ0n) is 9.95. The van der Waals surface area contributed by atoms with Crippen LogP contribution in [-0.4, -0.2) is 25.0 Å². The van der Waals surface area contributed by atoms with Gasteiger partial charge >= 0.3 is 11.9 Å². The van der Waals surface area contributed by atoms with Gasteiger partial charge in [-0.2, -0.15) is 0 Å². The summed E-state index contributed by atoms with van der Waals surface area (Å²) in [6.45, 7) is 8.20. The fourth-order valence-electron chi connectivity index (χ4n) is 0.752. The Morgan fingerprint density at radius 3 is 2.38 bits per heavy atom. The van der Waals surface area contributed by atoms with Gasteiger partial charge in [0.15, 0.2) is 6.79 Å². The first kappa shape index (κ1) is 14.6. The van der Waals surface area contributed by atoms with Crippen LogP contribution < -0.4 is 0 Å². The summed E-state index contributed by atoms with van der Waals surface area (Å²) in [4.78, 5) is 21.9. The van der Waals surface area contributed by atoms with E-state index in [1.807, 2.05) is 0 Å². The zero-order valence-corrected chi connectivity index (χ0v) is 9.95. The highest BCUT2D eigenvalue weighted by Gasteiger charge is 2.12. The molecule has 0 radical (unpaired) electrons. The smallest absolute Gasteiger partial charge is 0.335 e. The fourth-order valence-corrected chi connectivity index (χ4v) is 0.752. The van der Waals surface area contributed by atoms with Crippen LogP contribution in [0.25, 0.3) is 0 Å². The predicted octanol–water partition coefficient (Wildman–Crippen LogP) is 1.77. The molecule has 1 unspecified atom stereocenters. The Bertz CT molecular complexity index is 259. The molecule has 1 atom stereocenters. The highest BCUT2D eigenvalue weighted by Crippen LogP contribution is 2.03. The van der Waals surface area contributed by atoms with E-state index in [1.54, 1.807) is 13.8 Å². The summed E-state index contributed by atoms with van der Waals surface area (Å²) in [5.41, 5.74) is 0.294. The topological polar surface area (TPSA) is 61.8 Å². The first-order valence-electron chi connectivity index (χ1n) is 5.14. The second-order valence-corrected chi connectivity index (χ2v) is 3.18. The average Bonchev–Trinajstić information content (AvgIpc) is 2.26. The highest BCUT2D eigenvalue weighted by molar-refractivity contribution is 5.86. The maximum Gasteiger partial charge on any atom is 0.335 e. The monoisotopic (exact) mass is 230 g/mol. The van der Waals surface area contributed by atoms with Gasteiger partial charge in [-0.15, -0.1) is 0 Å². The van der Waals surface area contributed by atoms with Crippen molar-refractivity contribution in [2.24, 2.45) is 0 Å². The van der Waals surface area contributed by atoms with Gasteiger partial charge in [-0.05, 0) is 6.92 Å². The maximum absolute atomic E-state index is 11.0. The van der Waals surface area contributed by atoms with Crippen molar-refractivity contribution in [1.29, 1.82) is 0 Å². The Morgan fingerprint density at radius 2 is 1.94 bits per heavy atom. The molecule has 0 saturated carbocycles. The maximum atomic E-state index is 11.0. The Morgan fingerprint density at radius 1 is 1.31 bits per heavy atom. The Kier molecular flexibility index (Phi) is 7.20. The molecular formula is C11H18O5. The number of ether oxygens (including phenoxy) is 3. The Hall–Kier alpha value is -1.36. The minimum absolute atomic E-state index is 0.249. The van der Waals surface area contributed by atoms with Crippen molar-refractivity contribution in [2.45, 2.75) is 39.9 Å². The molecule has 0 aliphatic heterocycles. The fraction of sp³-hybridized carbons (Fsp3) is 0.636. The van der Waals surface area contributed by atoms with Gasteiger partial charge in [0.1, 0.15) is 0 Å². The lowest BCUT2D eigenvalue weighted by Gasteiger charge is -2.16. The van der Waals surface area contributed by atoms with E-state index < -0.39 is 12.3 Å². The van der Waals surface area contributed by atoms with Crippen LogP contribution in [-0.2, 0) is 23.8 Å². The van der Waals surface area contributed by atoms with Gasteiger partial charge in [0.05, 0.1) is 0 Å². The highest BCUT2D eigenvalue weighted by atomic mass is 16.8. The molecule has 0 N–H and O–H groups in total. The van der Waals surface area contributed by atoms with Gasteiger partial charge in [-0.1, -0.05) is 20.4 Å². The van der Waals surface area contributed by atoms with E-state index in [-0.39, 0.29) is 19.2 Å². The summed E-state index contributed by atoms with van der Waals surface area (Å²) in [6, 6.07) is 0. The van der Waals surface area contributed by atoms with Crippen molar-refractivity contribution in [3.05, 3.63) is 12.2 Å². The third-order valence-electron chi connectivity index (χ3n) is 1.68. The SMILES string of the molecule is C=C(C)C(=O)OCOC(CC)OC(=O)CC. The van der Waals surface area contributed by atoms with E-state index in [9.17, 15) is 9.59 Å². The van der Waals surface area contributed by atoms with E-state index in [0.29, 0.717) is 12.0 Å². The number of rotatable bonds is 7. The van der Waals surface area contributed by atoms with Gasteiger partial charge in [-0.25, -0.2) is 4.79 Å². The normalized spacial score (nSPS) is 11.7. The van der Waals surface area contributed by atoms with Crippen molar-refractivity contribution in [1.82, 2.24) is 0 Å². The summed E-state index contributed by atoms with van der Waals surface area (Å²) in [5.74, 6) is -0.880. The van der Waals surface area contributed by atoms with Crippen LogP contribution in [0.5, 0.6) is 0 Å². The molecule has 5 heteroatoms. The zero-order chi connectivity index (χ0) is 12.6. The molecule has 0 bridgehead atoms. The van der Waals surface area contributed by atoms with Crippen LogP contribution >= 0.6 is 0 Å². The summed E-state index contributed by atoms with van der Waals surface area (Å²) >= 11 is 0. The third-order valence-corrected chi connectivity index (χ3v) is 1.68. The summed E-state index contributed by atoms with van der Waals surface area (Å²) < 4.78 is 14.7. The molecule has 0 spiro atoms. The number of hydrogen-bond acceptors (Lipinski definition) is 5. The molecule has 0 rings (SSSR count). The first-order valence-corrected chi connectivity index (χ1v) is 5.14. The van der Waals surface area contributed by atoms with Crippen LogP contribution in [0.2, 0.25) is 0 Å². The van der Waals surface area contributed by atoms with E-state index in [4.69, 9.17) is 14.2 Å². The number of esters is 2. The minimum Gasteiger partial charge on any atom is -0.436 e. The third kappa shape index (κ3) is 6.19. The standard InChI is InChI=1S/C11H18O5/c1-5-9(12)16-10(6-2)14-7-15-11(13)8(3)4/h10H,3,5-7H2,1-2,4H3. The summed E-state index contributed by atoms with van der Waals surface area (Å²) in [5, 5.41) is 0. The quantitative estimate of drug-likeness (QED) is 0.379. The molecule has 0 aromatic carbocycles. The van der Waals surface area contributed by atoms with E-state index in [2.05, 4.69) is 6.58 Å². The lowest BCUT2D eigenvalue weighted by Crippen LogP contribution is -2.22. The number of carbonyl (C=O) groups is 2. The Labute approximate surface area is 95.4 Å². The van der Waals surface area contributed by atoms with E-state index >= 15 is 0 Å². The molecule has 0 aliphatic carbocycles. The van der Waals surface area contributed by atoms with Crippen molar-refractivity contribution < 1.29 is 23.8 Å². The largest absolute Gasteiger partial charge is 0.436 e. The summed E-state index contributed by atoms with van der Waals surface area (Å²) in [7, 11) is 0. The van der Waals surface area contributed by atoms with Gasteiger partial charge in [0, 0.05) is 18.4 Å². The molecule has 0 saturated heterocycles.